The van der Waals surface area contributed by atoms with Gasteiger partial charge in [-0.1, -0.05) is 23.4 Å². The first-order valence-corrected chi connectivity index (χ1v) is 9.22. The number of pyridine rings is 1. The first-order chi connectivity index (χ1) is 11.5. The van der Waals surface area contributed by atoms with Gasteiger partial charge in [-0.25, -0.2) is 4.98 Å². The number of benzene rings is 1. The fourth-order valence-electron chi connectivity index (χ4n) is 1.94. The number of aromatic nitrogens is 2. The van der Waals surface area contributed by atoms with E-state index in [0.717, 1.165) is 20.6 Å². The standard InChI is InChI=1S/C17H14ClN3OS2/c1-10-3-4-12(8-19-10)16(22)21-13-5-6-15(14(18)7-13)24-17-20-11(2)9-23-17/h3-9H,1-2H3,(H,21,22). The first kappa shape index (κ1) is 17.0. The zero-order valence-corrected chi connectivity index (χ0v) is 15.4. The first-order valence-electron chi connectivity index (χ1n) is 7.15. The highest BCUT2D eigenvalue weighted by Crippen LogP contribution is 2.36. The summed E-state index contributed by atoms with van der Waals surface area (Å²) in [6.07, 6.45) is 1.56. The highest BCUT2D eigenvalue weighted by Gasteiger charge is 2.10. The lowest BCUT2D eigenvalue weighted by Gasteiger charge is -2.08. The van der Waals surface area contributed by atoms with Crippen LogP contribution in [0.1, 0.15) is 21.7 Å². The van der Waals surface area contributed by atoms with E-state index in [0.29, 0.717) is 16.3 Å². The van der Waals surface area contributed by atoms with Crippen molar-refractivity contribution >= 4 is 46.3 Å². The van der Waals surface area contributed by atoms with Gasteiger partial charge in [0.15, 0.2) is 4.34 Å². The van der Waals surface area contributed by atoms with Crippen LogP contribution in [0.3, 0.4) is 0 Å². The van der Waals surface area contributed by atoms with Gasteiger partial charge in [0, 0.05) is 33.5 Å². The van der Waals surface area contributed by atoms with Crippen molar-refractivity contribution in [3.8, 4) is 0 Å². The molecule has 24 heavy (non-hydrogen) atoms. The molecule has 0 saturated carbocycles. The fraction of sp³-hybridized carbons (Fsp3) is 0.118. The summed E-state index contributed by atoms with van der Waals surface area (Å²) in [6.45, 7) is 3.84. The largest absolute Gasteiger partial charge is 0.322 e. The lowest BCUT2D eigenvalue weighted by Crippen LogP contribution is -2.12. The van der Waals surface area contributed by atoms with Gasteiger partial charge in [-0.05, 0) is 44.2 Å². The second-order valence-electron chi connectivity index (χ2n) is 5.14. The zero-order chi connectivity index (χ0) is 17.1. The average Bonchev–Trinajstić information content (AvgIpc) is 2.96. The Labute approximate surface area is 153 Å². The smallest absolute Gasteiger partial charge is 0.257 e. The Hall–Kier alpha value is -1.89. The quantitative estimate of drug-likeness (QED) is 0.679. The van der Waals surface area contributed by atoms with Crippen molar-refractivity contribution in [3.63, 3.8) is 0 Å². The molecule has 1 aromatic carbocycles. The highest BCUT2D eigenvalue weighted by atomic mass is 35.5. The molecular weight excluding hydrogens is 362 g/mol. The Balaban J connectivity index is 1.72. The highest BCUT2D eigenvalue weighted by molar-refractivity contribution is 8.01. The van der Waals surface area contributed by atoms with Crippen LogP contribution >= 0.6 is 34.7 Å². The number of nitrogens with zero attached hydrogens (tertiary/aromatic N) is 2. The molecule has 0 saturated heterocycles. The number of anilines is 1. The molecule has 1 amide bonds. The third kappa shape index (κ3) is 4.14. The summed E-state index contributed by atoms with van der Waals surface area (Å²) >= 11 is 9.42. The normalized spacial score (nSPS) is 10.6. The zero-order valence-electron chi connectivity index (χ0n) is 13.0. The van der Waals surface area contributed by atoms with Gasteiger partial charge in [-0.3, -0.25) is 9.78 Å². The number of amides is 1. The van der Waals surface area contributed by atoms with Gasteiger partial charge in [0.25, 0.3) is 5.91 Å². The van der Waals surface area contributed by atoms with Crippen molar-refractivity contribution in [2.45, 2.75) is 23.1 Å². The van der Waals surface area contributed by atoms with Crippen LogP contribution in [0.5, 0.6) is 0 Å². The minimum Gasteiger partial charge on any atom is -0.322 e. The predicted molar refractivity (Wildman–Crippen MR) is 99.4 cm³/mol. The van der Waals surface area contributed by atoms with E-state index in [1.54, 1.807) is 35.7 Å². The van der Waals surface area contributed by atoms with E-state index in [4.69, 9.17) is 11.6 Å². The van der Waals surface area contributed by atoms with Crippen LogP contribution in [0.25, 0.3) is 0 Å². The molecule has 0 bridgehead atoms. The third-order valence-corrected chi connectivity index (χ3v) is 5.72. The molecular formula is C17H14ClN3OS2. The Morgan fingerprint density at radius 2 is 2.04 bits per heavy atom. The van der Waals surface area contributed by atoms with Crippen molar-refractivity contribution in [3.05, 3.63) is 63.9 Å². The Kier molecular flexibility index (Phi) is 5.18. The molecule has 7 heteroatoms. The molecule has 0 aliphatic heterocycles. The van der Waals surface area contributed by atoms with Crippen LogP contribution in [0, 0.1) is 13.8 Å². The van der Waals surface area contributed by atoms with Gasteiger partial charge in [-0.2, -0.15) is 0 Å². The van der Waals surface area contributed by atoms with Gasteiger partial charge in [0.05, 0.1) is 10.6 Å². The summed E-state index contributed by atoms with van der Waals surface area (Å²) < 4.78 is 0.942. The van der Waals surface area contributed by atoms with E-state index in [9.17, 15) is 4.79 Å². The number of hydrogen-bond donors (Lipinski definition) is 1. The van der Waals surface area contributed by atoms with Crippen LogP contribution in [-0.2, 0) is 0 Å². The van der Waals surface area contributed by atoms with Crippen molar-refractivity contribution in [1.82, 2.24) is 9.97 Å². The van der Waals surface area contributed by atoms with Gasteiger partial charge in [-0.15, -0.1) is 11.3 Å². The molecule has 122 valence electrons. The Bertz CT molecular complexity index is 878. The van der Waals surface area contributed by atoms with E-state index in [-0.39, 0.29) is 5.91 Å². The van der Waals surface area contributed by atoms with E-state index in [2.05, 4.69) is 15.3 Å². The van der Waals surface area contributed by atoms with Crippen molar-refractivity contribution < 1.29 is 4.79 Å². The second-order valence-corrected chi connectivity index (χ2v) is 7.70. The molecule has 0 aliphatic carbocycles. The third-order valence-electron chi connectivity index (χ3n) is 3.16. The summed E-state index contributed by atoms with van der Waals surface area (Å²) in [6, 6.07) is 9.00. The minimum absolute atomic E-state index is 0.213. The fourth-order valence-corrected chi connectivity index (χ4v) is 4.03. The van der Waals surface area contributed by atoms with Gasteiger partial charge >= 0.3 is 0 Å². The van der Waals surface area contributed by atoms with E-state index >= 15 is 0 Å². The molecule has 0 atom stereocenters. The summed E-state index contributed by atoms with van der Waals surface area (Å²) in [5, 5.41) is 5.41. The molecule has 1 N–H and O–H groups in total. The molecule has 2 aromatic heterocycles. The van der Waals surface area contributed by atoms with Crippen LogP contribution in [0.15, 0.2) is 51.1 Å². The van der Waals surface area contributed by atoms with Crippen LogP contribution in [0.2, 0.25) is 5.02 Å². The monoisotopic (exact) mass is 375 g/mol. The molecule has 0 spiro atoms. The van der Waals surface area contributed by atoms with Crippen molar-refractivity contribution in [1.29, 1.82) is 0 Å². The number of halogens is 1. The van der Waals surface area contributed by atoms with Gasteiger partial charge in [0.1, 0.15) is 0 Å². The minimum atomic E-state index is -0.213. The average molecular weight is 376 g/mol. The van der Waals surface area contributed by atoms with E-state index < -0.39 is 0 Å². The number of aryl methyl sites for hydroxylation is 2. The van der Waals surface area contributed by atoms with Gasteiger partial charge in [0.2, 0.25) is 0 Å². The summed E-state index contributed by atoms with van der Waals surface area (Å²) in [4.78, 5) is 21.6. The van der Waals surface area contributed by atoms with Crippen molar-refractivity contribution in [2.75, 3.05) is 5.32 Å². The molecule has 3 rings (SSSR count). The molecule has 0 unspecified atom stereocenters. The Morgan fingerprint density at radius 1 is 1.21 bits per heavy atom. The van der Waals surface area contributed by atoms with E-state index in [1.807, 2.05) is 31.4 Å². The number of nitrogens with one attached hydrogen (secondary N) is 1. The topological polar surface area (TPSA) is 54.9 Å². The van der Waals surface area contributed by atoms with Crippen LogP contribution < -0.4 is 5.32 Å². The summed E-state index contributed by atoms with van der Waals surface area (Å²) in [5.74, 6) is -0.213. The van der Waals surface area contributed by atoms with Gasteiger partial charge < -0.3 is 5.32 Å². The second kappa shape index (κ2) is 7.34. The van der Waals surface area contributed by atoms with Crippen molar-refractivity contribution in [2.24, 2.45) is 0 Å². The summed E-state index contributed by atoms with van der Waals surface area (Å²) in [7, 11) is 0. The molecule has 0 aliphatic rings. The van der Waals surface area contributed by atoms with E-state index in [1.165, 1.54) is 11.8 Å². The molecule has 3 aromatic rings. The maximum atomic E-state index is 12.2. The number of carbonyl (C=O) groups is 1. The lowest BCUT2D eigenvalue weighted by molar-refractivity contribution is 0.102. The lowest BCUT2D eigenvalue weighted by atomic mass is 10.2. The molecule has 0 radical (unpaired) electrons. The van der Waals surface area contributed by atoms with Crippen LogP contribution in [-0.4, -0.2) is 15.9 Å². The number of hydrogen-bond acceptors (Lipinski definition) is 5. The molecule has 2 heterocycles. The molecule has 4 nitrogen and oxygen atoms in total. The molecule has 0 fully saturated rings. The maximum Gasteiger partial charge on any atom is 0.257 e. The Morgan fingerprint density at radius 3 is 2.67 bits per heavy atom. The number of carbonyl (C=O) groups excluding carboxylic acids is 1. The summed E-state index contributed by atoms with van der Waals surface area (Å²) in [5.41, 5.74) is 3.02. The van der Waals surface area contributed by atoms with Crippen LogP contribution in [0.4, 0.5) is 5.69 Å². The SMILES string of the molecule is Cc1ccc(C(=O)Nc2ccc(Sc3nc(C)cs3)c(Cl)c2)cn1. The predicted octanol–water partition coefficient (Wildman–Crippen LogP) is 5.21. The maximum absolute atomic E-state index is 12.2. The number of rotatable bonds is 4. The number of thiazole rings is 1.